The van der Waals surface area contributed by atoms with E-state index in [1.165, 1.54) is 0 Å². The van der Waals surface area contributed by atoms with Gasteiger partial charge in [0, 0.05) is 11.1 Å². The van der Waals surface area contributed by atoms with Gasteiger partial charge in [0.25, 0.3) is 0 Å². The van der Waals surface area contributed by atoms with Crippen molar-refractivity contribution >= 4 is 47.9 Å². The molecule has 0 N–H and O–H groups in total. The van der Waals surface area contributed by atoms with Crippen LogP contribution in [0.4, 0.5) is 0 Å². The lowest BCUT2D eigenvalue weighted by atomic mass is 10.4. The van der Waals surface area contributed by atoms with E-state index in [4.69, 9.17) is 29.7 Å². The first kappa shape index (κ1) is 10.9. The van der Waals surface area contributed by atoms with Crippen molar-refractivity contribution in [2.75, 3.05) is 0 Å². The molecule has 0 saturated heterocycles. The smallest absolute Gasteiger partial charge is 0.309 e. The topological polar surface area (TPSA) is 0 Å². The van der Waals surface area contributed by atoms with E-state index >= 15 is 0 Å². The lowest BCUT2D eigenvalue weighted by Gasteiger charge is -1.79. The highest BCUT2D eigenvalue weighted by Gasteiger charge is 1.76. The molecule has 0 fully saturated rings. The van der Waals surface area contributed by atoms with Crippen molar-refractivity contribution in [2.45, 2.75) is 0 Å². The minimum Gasteiger partial charge on any atom is -0.309 e. The number of halogens is 3. The molecule has 0 heterocycles. The van der Waals surface area contributed by atoms with Gasteiger partial charge in [-0.25, -0.2) is 0 Å². The zero-order chi connectivity index (χ0) is 7.82. The van der Waals surface area contributed by atoms with Crippen LogP contribution in [0.25, 0.3) is 0 Å². The molecular weight excluding hydrogens is 203 g/mol. The quantitative estimate of drug-likeness (QED) is 0.573. The van der Waals surface area contributed by atoms with E-state index < -0.39 is 18.2 Å². The molecule has 0 aliphatic heterocycles. The van der Waals surface area contributed by atoms with Crippen molar-refractivity contribution in [1.82, 2.24) is 0 Å². The monoisotopic (exact) mass is 205 g/mol. The van der Waals surface area contributed by atoms with Gasteiger partial charge in [-0.3, -0.25) is 0 Å². The van der Waals surface area contributed by atoms with Gasteiger partial charge < -0.3 is 18.1 Å². The maximum absolute atomic E-state index is 5.48. The second kappa shape index (κ2) is 7.96. The van der Waals surface area contributed by atoms with Gasteiger partial charge in [0.15, 0.2) is 0 Å². The molecular formula is C6H4Cl3Mg. The first-order valence-electron chi connectivity index (χ1n) is 2.55. The summed E-state index contributed by atoms with van der Waals surface area (Å²) < 4.78 is 0. The van der Waals surface area contributed by atoms with E-state index in [2.05, 4.69) is 6.07 Å². The fourth-order valence-electron chi connectivity index (χ4n) is 0.371. The molecule has 0 unspecified atom stereocenters. The van der Waals surface area contributed by atoms with Crippen LogP contribution >= 0.6 is 29.7 Å². The molecule has 10 heavy (non-hydrogen) atoms. The average molecular weight is 207 g/mol. The second-order valence-electron chi connectivity index (χ2n) is 1.31. The molecule has 0 aliphatic carbocycles. The normalized spacial score (nSPS) is 7.10. The van der Waals surface area contributed by atoms with Gasteiger partial charge in [-0.15, -0.1) is 0 Å². The van der Waals surface area contributed by atoms with Crippen LogP contribution < -0.4 is 0 Å². The summed E-state index contributed by atoms with van der Waals surface area (Å²) in [5.74, 6) is 0. The van der Waals surface area contributed by atoms with Gasteiger partial charge in [-0.2, -0.15) is 0 Å². The van der Waals surface area contributed by atoms with Crippen LogP contribution in [0.5, 0.6) is 0 Å². The number of benzene rings is 1. The Morgan fingerprint density at radius 3 is 2.10 bits per heavy atom. The van der Waals surface area contributed by atoms with Crippen LogP contribution in [-0.2, 0) is 0 Å². The van der Waals surface area contributed by atoms with Crippen molar-refractivity contribution in [1.29, 1.82) is 0 Å². The summed E-state index contributed by atoms with van der Waals surface area (Å²) in [6.07, 6.45) is 0. The van der Waals surface area contributed by atoms with Crippen molar-refractivity contribution in [3.05, 3.63) is 35.4 Å². The fourth-order valence-corrected chi connectivity index (χ4v) is 0.507. The number of rotatable bonds is 0. The molecule has 0 nitrogen and oxygen atoms in total. The zero-order valence-corrected chi connectivity index (χ0v) is 8.83. The van der Waals surface area contributed by atoms with Crippen LogP contribution in [0.3, 0.4) is 0 Å². The highest BCUT2D eigenvalue weighted by Crippen LogP contribution is 2.02. The Balaban J connectivity index is 0.000000236. The molecule has 0 aliphatic rings. The Morgan fingerprint density at radius 1 is 1.30 bits per heavy atom. The minimum atomic E-state index is -0.639. The SMILES string of the molecule is Clc1[c]cccc1.[Cl][Mg][Cl]. The summed E-state index contributed by atoms with van der Waals surface area (Å²) in [5.41, 5.74) is 0. The van der Waals surface area contributed by atoms with Crippen molar-refractivity contribution in [3.8, 4) is 0 Å². The van der Waals surface area contributed by atoms with Gasteiger partial charge in [0.05, 0.1) is 0 Å². The predicted octanol–water partition coefficient (Wildman–Crippen LogP) is 3.14. The van der Waals surface area contributed by atoms with Gasteiger partial charge in [0.1, 0.15) is 0 Å². The molecule has 0 spiro atoms. The molecule has 0 saturated carbocycles. The van der Waals surface area contributed by atoms with Crippen LogP contribution in [0, 0.1) is 6.07 Å². The van der Waals surface area contributed by atoms with Crippen molar-refractivity contribution in [2.24, 2.45) is 0 Å². The van der Waals surface area contributed by atoms with Crippen LogP contribution in [0.1, 0.15) is 0 Å². The maximum Gasteiger partial charge on any atom is 0.618 e. The zero-order valence-electron chi connectivity index (χ0n) is 5.15. The summed E-state index contributed by atoms with van der Waals surface area (Å²) in [6, 6.07) is 10.1. The first-order valence-corrected chi connectivity index (χ1v) is 7.20. The van der Waals surface area contributed by atoms with E-state index in [9.17, 15) is 0 Å². The molecule has 0 bridgehead atoms. The lowest BCUT2D eigenvalue weighted by Crippen LogP contribution is -1.56. The highest BCUT2D eigenvalue weighted by molar-refractivity contribution is 7.22. The summed E-state index contributed by atoms with van der Waals surface area (Å²) >= 11 is 4.85. The van der Waals surface area contributed by atoms with Gasteiger partial charge in [-0.1, -0.05) is 29.8 Å². The largest absolute Gasteiger partial charge is 0.618 e. The average Bonchev–Trinajstić information content (AvgIpc) is 1.91. The minimum absolute atomic E-state index is 0.639. The molecule has 0 amide bonds. The Bertz CT molecular complexity index is 154. The third-order valence-corrected chi connectivity index (χ3v) is 0.906. The standard InChI is InChI=1S/C6H4Cl.2ClH.Mg/c7-6-4-2-1-3-5-6;;;/h1-4H;2*1H;/q;;;+2/p-2. The lowest BCUT2D eigenvalue weighted by molar-refractivity contribution is 1.69. The summed E-state index contributed by atoms with van der Waals surface area (Å²) in [7, 11) is 9.81. The molecule has 1 radical (unpaired) electrons. The van der Waals surface area contributed by atoms with Gasteiger partial charge in [-0.05, 0) is 6.07 Å². The molecule has 1 aromatic carbocycles. The summed E-state index contributed by atoms with van der Waals surface area (Å²) in [4.78, 5) is 0. The van der Waals surface area contributed by atoms with Gasteiger partial charge in [0.2, 0.25) is 0 Å². The summed E-state index contributed by atoms with van der Waals surface area (Å²) in [6.45, 7) is 0. The van der Waals surface area contributed by atoms with Gasteiger partial charge >= 0.3 is 18.2 Å². The molecule has 4 heteroatoms. The second-order valence-corrected chi connectivity index (χ2v) is 4.35. The van der Waals surface area contributed by atoms with Crippen LogP contribution in [0.15, 0.2) is 24.3 Å². The van der Waals surface area contributed by atoms with E-state index in [1.807, 2.05) is 12.1 Å². The van der Waals surface area contributed by atoms with E-state index in [0.29, 0.717) is 5.02 Å². The Hall–Kier alpha value is 0.856. The third-order valence-electron chi connectivity index (χ3n) is 0.671. The number of hydrogen-bond acceptors (Lipinski definition) is 0. The Labute approximate surface area is 82.7 Å². The summed E-state index contributed by atoms with van der Waals surface area (Å²) in [5, 5.41) is 0.669. The van der Waals surface area contributed by atoms with Crippen molar-refractivity contribution in [3.63, 3.8) is 0 Å². The molecule has 0 atom stereocenters. The first-order chi connectivity index (χ1) is 4.81. The maximum atomic E-state index is 5.48. The Kier molecular flexibility index (Phi) is 8.64. The highest BCUT2D eigenvalue weighted by atomic mass is 35.6. The fraction of sp³-hybridized carbons (Fsp3) is 0. The van der Waals surface area contributed by atoms with E-state index in [-0.39, 0.29) is 0 Å². The van der Waals surface area contributed by atoms with E-state index in [1.54, 1.807) is 12.1 Å². The van der Waals surface area contributed by atoms with Crippen LogP contribution in [0.2, 0.25) is 5.02 Å². The van der Waals surface area contributed by atoms with Crippen molar-refractivity contribution < 1.29 is 0 Å². The van der Waals surface area contributed by atoms with E-state index in [0.717, 1.165) is 0 Å². The van der Waals surface area contributed by atoms with Crippen LogP contribution in [-0.4, -0.2) is 18.2 Å². The molecule has 1 rings (SSSR count). The molecule has 1 aromatic rings. The molecule has 0 aromatic heterocycles. The Morgan fingerprint density at radius 2 is 1.90 bits per heavy atom. The third kappa shape index (κ3) is 6.97. The predicted molar refractivity (Wildman–Crippen MR) is 47.7 cm³/mol. The molecule has 51 valence electrons. The number of hydrogen-bond donors (Lipinski definition) is 0.